The molecule has 1 aliphatic heterocycles. The molecule has 0 aliphatic carbocycles. The molecule has 5 nitrogen and oxygen atoms in total. The first-order valence-electron chi connectivity index (χ1n) is 8.51. The van der Waals surface area contributed by atoms with E-state index in [1.165, 1.54) is 4.70 Å². The number of likely N-dealkylation sites (tertiary alicyclic amines) is 1. The van der Waals surface area contributed by atoms with E-state index in [1.807, 2.05) is 23.1 Å². The smallest absolute Gasteiger partial charge is 0.223 e. The summed E-state index contributed by atoms with van der Waals surface area (Å²) in [6, 6.07) is 8.15. The summed E-state index contributed by atoms with van der Waals surface area (Å²) >= 11 is 1.73. The molecule has 24 heavy (non-hydrogen) atoms. The number of amides is 2. The lowest BCUT2D eigenvalue weighted by Gasteiger charge is -2.30. The molecule has 6 heteroatoms. The second-order valence-electron chi connectivity index (χ2n) is 6.25. The summed E-state index contributed by atoms with van der Waals surface area (Å²) in [5, 5.41) is 4.16. The second-order valence-corrected chi connectivity index (χ2v) is 7.37. The molecule has 1 aromatic heterocycles. The predicted octanol–water partition coefficient (Wildman–Crippen LogP) is 2.60. The molecule has 1 saturated heterocycles. The van der Waals surface area contributed by atoms with Gasteiger partial charge >= 0.3 is 0 Å². The molecule has 1 aliphatic rings. The molecule has 2 heterocycles. The maximum absolute atomic E-state index is 12.2. The molecule has 128 valence electrons. The van der Waals surface area contributed by atoms with Crippen molar-refractivity contribution in [3.63, 3.8) is 0 Å². The number of carbonyl (C=O) groups is 2. The van der Waals surface area contributed by atoms with Crippen LogP contribution in [-0.2, 0) is 16.0 Å². The summed E-state index contributed by atoms with van der Waals surface area (Å²) in [6.07, 6.45) is 3.33. The van der Waals surface area contributed by atoms with Gasteiger partial charge in [0.2, 0.25) is 11.8 Å². The maximum atomic E-state index is 12.2. The van der Waals surface area contributed by atoms with Crippen molar-refractivity contribution in [1.82, 2.24) is 15.2 Å². The summed E-state index contributed by atoms with van der Waals surface area (Å²) in [7, 11) is 0. The van der Waals surface area contributed by atoms with E-state index < -0.39 is 0 Å². The van der Waals surface area contributed by atoms with Crippen molar-refractivity contribution in [2.45, 2.75) is 32.6 Å². The van der Waals surface area contributed by atoms with Crippen LogP contribution in [0.1, 0.15) is 31.2 Å². The van der Waals surface area contributed by atoms with Gasteiger partial charge in [0.25, 0.3) is 0 Å². The molecule has 1 N–H and O–H groups in total. The number of thiazole rings is 1. The SMILES string of the molecule is CC(=O)N1CCC(C(=O)NCCCc2nc3ccccc3s2)CC1. The van der Waals surface area contributed by atoms with Crippen LogP contribution in [0.2, 0.25) is 0 Å². The highest BCUT2D eigenvalue weighted by Crippen LogP contribution is 2.22. The highest BCUT2D eigenvalue weighted by atomic mass is 32.1. The molecular formula is C18H23N3O2S. The first-order valence-corrected chi connectivity index (χ1v) is 9.33. The van der Waals surface area contributed by atoms with Gasteiger partial charge in [-0.05, 0) is 31.4 Å². The Kier molecular flexibility index (Phi) is 5.45. The fraction of sp³-hybridized carbons (Fsp3) is 0.500. The topological polar surface area (TPSA) is 62.3 Å². The van der Waals surface area contributed by atoms with Crippen molar-refractivity contribution in [2.24, 2.45) is 5.92 Å². The Balaban J connectivity index is 1.38. The van der Waals surface area contributed by atoms with Gasteiger partial charge in [0.05, 0.1) is 15.2 Å². The molecule has 0 radical (unpaired) electrons. The number of nitrogens with zero attached hydrogens (tertiary/aromatic N) is 2. The van der Waals surface area contributed by atoms with Gasteiger partial charge < -0.3 is 10.2 Å². The van der Waals surface area contributed by atoms with Gasteiger partial charge in [0.15, 0.2) is 0 Å². The molecule has 0 spiro atoms. The van der Waals surface area contributed by atoms with Crippen LogP contribution in [0.4, 0.5) is 0 Å². The van der Waals surface area contributed by atoms with Crippen LogP contribution >= 0.6 is 11.3 Å². The zero-order chi connectivity index (χ0) is 16.9. The van der Waals surface area contributed by atoms with Crippen molar-refractivity contribution in [2.75, 3.05) is 19.6 Å². The number of fused-ring (bicyclic) bond motifs is 1. The Hall–Kier alpha value is -1.95. The standard InChI is InChI=1S/C18H23N3O2S/c1-13(22)21-11-8-14(9-12-21)18(23)19-10-4-7-17-20-15-5-2-3-6-16(15)24-17/h2-3,5-6,14H,4,7-12H2,1H3,(H,19,23). The molecule has 1 aromatic carbocycles. The van der Waals surface area contributed by atoms with Crippen molar-refractivity contribution in [1.29, 1.82) is 0 Å². The fourth-order valence-electron chi connectivity index (χ4n) is 3.08. The third-order valence-corrected chi connectivity index (χ3v) is 5.61. The predicted molar refractivity (Wildman–Crippen MR) is 95.9 cm³/mol. The van der Waals surface area contributed by atoms with Crippen LogP contribution in [0.15, 0.2) is 24.3 Å². The average molecular weight is 345 g/mol. The molecular weight excluding hydrogens is 322 g/mol. The summed E-state index contributed by atoms with van der Waals surface area (Å²) in [6.45, 7) is 3.66. The van der Waals surface area contributed by atoms with E-state index in [0.717, 1.165) is 36.2 Å². The number of aromatic nitrogens is 1. The Morgan fingerprint density at radius 3 is 2.75 bits per heavy atom. The molecule has 1 fully saturated rings. The quantitative estimate of drug-likeness (QED) is 0.847. The first kappa shape index (κ1) is 16.9. The normalized spacial score (nSPS) is 15.6. The largest absolute Gasteiger partial charge is 0.356 e. The van der Waals surface area contributed by atoms with Gasteiger partial charge in [-0.2, -0.15) is 0 Å². The lowest BCUT2D eigenvalue weighted by molar-refractivity contribution is -0.133. The van der Waals surface area contributed by atoms with E-state index >= 15 is 0 Å². The lowest BCUT2D eigenvalue weighted by Crippen LogP contribution is -2.42. The molecule has 0 atom stereocenters. The number of hydrogen-bond donors (Lipinski definition) is 1. The highest BCUT2D eigenvalue weighted by molar-refractivity contribution is 7.18. The molecule has 0 unspecified atom stereocenters. The van der Waals surface area contributed by atoms with E-state index in [1.54, 1.807) is 18.3 Å². The third-order valence-electron chi connectivity index (χ3n) is 4.52. The fourth-order valence-corrected chi connectivity index (χ4v) is 4.09. The van der Waals surface area contributed by atoms with Crippen LogP contribution in [0, 0.1) is 5.92 Å². The van der Waals surface area contributed by atoms with Gasteiger partial charge in [0, 0.05) is 38.9 Å². The number of piperidine rings is 1. The molecule has 2 aromatic rings. The van der Waals surface area contributed by atoms with E-state index in [4.69, 9.17) is 0 Å². The minimum atomic E-state index is 0.0445. The Bertz CT molecular complexity index is 687. The van der Waals surface area contributed by atoms with Gasteiger partial charge in [-0.25, -0.2) is 4.98 Å². The van der Waals surface area contributed by atoms with Gasteiger partial charge in [-0.1, -0.05) is 12.1 Å². The summed E-state index contributed by atoms with van der Waals surface area (Å²) < 4.78 is 1.22. The average Bonchev–Trinajstić information content (AvgIpc) is 3.01. The minimum Gasteiger partial charge on any atom is -0.356 e. The number of para-hydroxylation sites is 1. The van der Waals surface area contributed by atoms with Crippen molar-refractivity contribution >= 4 is 33.4 Å². The first-order chi connectivity index (χ1) is 11.6. The van der Waals surface area contributed by atoms with Crippen molar-refractivity contribution < 1.29 is 9.59 Å². The van der Waals surface area contributed by atoms with E-state index in [2.05, 4.69) is 16.4 Å². The van der Waals surface area contributed by atoms with Crippen LogP contribution < -0.4 is 5.32 Å². The number of nitrogens with one attached hydrogen (secondary N) is 1. The summed E-state index contributed by atoms with van der Waals surface area (Å²) in [4.78, 5) is 29.9. The van der Waals surface area contributed by atoms with Gasteiger partial charge in [-0.3, -0.25) is 9.59 Å². The Labute approximate surface area is 146 Å². The second kappa shape index (κ2) is 7.75. The number of aryl methyl sites for hydroxylation is 1. The van der Waals surface area contributed by atoms with E-state index in [9.17, 15) is 9.59 Å². The van der Waals surface area contributed by atoms with Gasteiger partial charge in [0.1, 0.15) is 0 Å². The number of hydrogen-bond acceptors (Lipinski definition) is 4. The summed E-state index contributed by atoms with van der Waals surface area (Å²) in [5.41, 5.74) is 1.05. The molecule has 3 rings (SSSR count). The highest BCUT2D eigenvalue weighted by Gasteiger charge is 2.25. The van der Waals surface area contributed by atoms with Crippen LogP contribution in [0.25, 0.3) is 10.2 Å². The van der Waals surface area contributed by atoms with Crippen molar-refractivity contribution in [3.05, 3.63) is 29.3 Å². The number of rotatable bonds is 5. The van der Waals surface area contributed by atoms with Crippen LogP contribution in [0.5, 0.6) is 0 Å². The molecule has 0 bridgehead atoms. The monoisotopic (exact) mass is 345 g/mol. The zero-order valence-corrected chi connectivity index (χ0v) is 14.8. The van der Waals surface area contributed by atoms with Gasteiger partial charge in [-0.15, -0.1) is 11.3 Å². The Morgan fingerprint density at radius 1 is 1.29 bits per heavy atom. The summed E-state index contributed by atoms with van der Waals surface area (Å²) in [5.74, 6) is 0.273. The number of benzene rings is 1. The maximum Gasteiger partial charge on any atom is 0.223 e. The van der Waals surface area contributed by atoms with Crippen LogP contribution in [-0.4, -0.2) is 41.3 Å². The van der Waals surface area contributed by atoms with E-state index in [0.29, 0.717) is 19.6 Å². The van der Waals surface area contributed by atoms with E-state index in [-0.39, 0.29) is 17.7 Å². The van der Waals surface area contributed by atoms with Crippen LogP contribution in [0.3, 0.4) is 0 Å². The molecule has 2 amide bonds. The lowest BCUT2D eigenvalue weighted by atomic mass is 9.96. The minimum absolute atomic E-state index is 0.0445. The van der Waals surface area contributed by atoms with Crippen molar-refractivity contribution in [3.8, 4) is 0 Å². The number of carbonyl (C=O) groups excluding carboxylic acids is 2. The zero-order valence-electron chi connectivity index (χ0n) is 14.0. The third kappa shape index (κ3) is 4.12. The molecule has 0 saturated carbocycles. The Morgan fingerprint density at radius 2 is 2.04 bits per heavy atom.